The van der Waals surface area contributed by atoms with Crippen molar-refractivity contribution in [2.45, 2.75) is 32.2 Å². The summed E-state index contributed by atoms with van der Waals surface area (Å²) in [5.41, 5.74) is 9.71. The second-order valence-corrected chi connectivity index (χ2v) is 5.18. The van der Waals surface area contributed by atoms with E-state index in [1.54, 1.807) is 7.11 Å². The predicted molar refractivity (Wildman–Crippen MR) is 65.3 cm³/mol. The minimum absolute atomic E-state index is 0.147. The first-order valence-corrected chi connectivity index (χ1v) is 5.92. The molecule has 2 N–H and O–H groups in total. The second kappa shape index (κ2) is 3.49. The predicted octanol–water partition coefficient (Wildman–Crippen LogP) is 3.02. The van der Waals surface area contributed by atoms with Crippen LogP contribution in [-0.4, -0.2) is 7.11 Å². The highest BCUT2D eigenvalue weighted by Crippen LogP contribution is 2.50. The zero-order valence-corrected chi connectivity index (χ0v) is 10.9. The van der Waals surface area contributed by atoms with E-state index in [4.69, 9.17) is 10.5 Å². The third-order valence-corrected chi connectivity index (χ3v) is 4.08. The van der Waals surface area contributed by atoms with E-state index in [0.717, 1.165) is 23.1 Å². The summed E-state index contributed by atoms with van der Waals surface area (Å²) in [5.74, 6) is 0.910. The molecule has 2 nitrogen and oxygen atoms in total. The van der Waals surface area contributed by atoms with Gasteiger partial charge in [0.25, 0.3) is 0 Å². The number of ether oxygens (including phenoxy) is 1. The zero-order valence-electron chi connectivity index (χ0n) is 9.36. The van der Waals surface area contributed by atoms with Crippen molar-refractivity contribution in [1.29, 1.82) is 0 Å². The van der Waals surface area contributed by atoms with Gasteiger partial charge in [0.2, 0.25) is 0 Å². The van der Waals surface area contributed by atoms with Crippen molar-refractivity contribution in [2.24, 2.45) is 5.73 Å². The average molecular weight is 270 g/mol. The normalized spacial score (nSPS) is 17.7. The van der Waals surface area contributed by atoms with E-state index in [0.29, 0.717) is 0 Å². The molecule has 1 aromatic rings. The first-order valence-electron chi connectivity index (χ1n) is 5.12. The molecular formula is C12H16BrNO. The van der Waals surface area contributed by atoms with Crippen molar-refractivity contribution < 1.29 is 4.74 Å². The highest BCUT2D eigenvalue weighted by atomic mass is 79.9. The highest BCUT2D eigenvalue weighted by molar-refractivity contribution is 9.10. The van der Waals surface area contributed by atoms with Crippen molar-refractivity contribution in [3.05, 3.63) is 27.2 Å². The van der Waals surface area contributed by atoms with E-state index < -0.39 is 0 Å². The van der Waals surface area contributed by atoms with Crippen LogP contribution in [0.2, 0.25) is 0 Å². The molecule has 2 rings (SSSR count). The van der Waals surface area contributed by atoms with E-state index in [2.05, 4.69) is 35.8 Å². The maximum absolute atomic E-state index is 6.26. The molecule has 0 spiro atoms. The van der Waals surface area contributed by atoms with E-state index in [-0.39, 0.29) is 5.54 Å². The molecule has 0 aromatic heterocycles. The molecule has 0 unspecified atom stereocenters. The van der Waals surface area contributed by atoms with Crippen molar-refractivity contribution >= 4 is 15.9 Å². The molecule has 1 saturated carbocycles. The molecule has 0 bridgehead atoms. The van der Waals surface area contributed by atoms with Crippen LogP contribution in [0.15, 0.2) is 10.5 Å². The molecule has 1 aliphatic rings. The van der Waals surface area contributed by atoms with Gasteiger partial charge in [0, 0.05) is 11.1 Å². The molecule has 1 aliphatic carbocycles. The van der Waals surface area contributed by atoms with Crippen molar-refractivity contribution in [1.82, 2.24) is 0 Å². The van der Waals surface area contributed by atoms with Crippen LogP contribution in [0.3, 0.4) is 0 Å². The molecule has 15 heavy (non-hydrogen) atoms. The molecule has 0 saturated heterocycles. The number of nitrogens with two attached hydrogens (primary N) is 1. The third-order valence-electron chi connectivity index (χ3n) is 3.09. The Bertz CT molecular complexity index is 411. The Morgan fingerprint density at radius 2 is 1.93 bits per heavy atom. The fraction of sp³-hybridized carbons (Fsp3) is 0.500. The van der Waals surface area contributed by atoms with Gasteiger partial charge >= 0.3 is 0 Å². The molecule has 0 heterocycles. The molecular weight excluding hydrogens is 254 g/mol. The maximum atomic E-state index is 6.26. The van der Waals surface area contributed by atoms with Gasteiger partial charge in [-0.3, -0.25) is 0 Å². The number of benzene rings is 1. The summed E-state index contributed by atoms with van der Waals surface area (Å²) < 4.78 is 6.51. The average Bonchev–Trinajstić information content (AvgIpc) is 2.90. The van der Waals surface area contributed by atoms with Gasteiger partial charge in [-0.15, -0.1) is 0 Å². The maximum Gasteiger partial charge on any atom is 0.138 e. The standard InChI is InChI=1S/C12H16BrNO/c1-7-6-8(2)10(13)11(15-3)9(7)12(14)4-5-12/h6H,4-5,14H2,1-3H3. The number of aryl methyl sites for hydroxylation is 2. The third kappa shape index (κ3) is 1.68. The Hall–Kier alpha value is -0.540. The van der Waals surface area contributed by atoms with Crippen LogP contribution in [0.25, 0.3) is 0 Å². The summed E-state index contributed by atoms with van der Waals surface area (Å²) >= 11 is 3.57. The van der Waals surface area contributed by atoms with Crippen LogP contribution in [0.1, 0.15) is 29.5 Å². The molecule has 0 aliphatic heterocycles. The lowest BCUT2D eigenvalue weighted by Crippen LogP contribution is -2.21. The van der Waals surface area contributed by atoms with Gasteiger partial charge in [0.05, 0.1) is 11.6 Å². The topological polar surface area (TPSA) is 35.2 Å². The number of hydrogen-bond donors (Lipinski definition) is 1. The number of rotatable bonds is 2. The summed E-state index contributed by atoms with van der Waals surface area (Å²) in [7, 11) is 1.70. The SMILES string of the molecule is COc1c(Br)c(C)cc(C)c1C1(N)CC1. The lowest BCUT2D eigenvalue weighted by molar-refractivity contribution is 0.400. The molecule has 82 valence electrons. The lowest BCUT2D eigenvalue weighted by atomic mass is 9.96. The van der Waals surface area contributed by atoms with Gasteiger partial charge in [-0.25, -0.2) is 0 Å². The Labute approximate surface area is 98.9 Å². The smallest absolute Gasteiger partial charge is 0.138 e. The Kier molecular flexibility index (Phi) is 2.55. The van der Waals surface area contributed by atoms with E-state index in [9.17, 15) is 0 Å². The van der Waals surface area contributed by atoms with Crippen LogP contribution in [-0.2, 0) is 5.54 Å². The van der Waals surface area contributed by atoms with Crippen molar-refractivity contribution in [2.75, 3.05) is 7.11 Å². The molecule has 1 aromatic carbocycles. The fourth-order valence-electron chi connectivity index (χ4n) is 2.12. The molecule has 0 radical (unpaired) electrons. The van der Waals surface area contributed by atoms with Crippen LogP contribution in [0.5, 0.6) is 5.75 Å². The van der Waals surface area contributed by atoms with Crippen LogP contribution < -0.4 is 10.5 Å². The number of methoxy groups -OCH3 is 1. The highest BCUT2D eigenvalue weighted by Gasteiger charge is 2.43. The summed E-state index contributed by atoms with van der Waals surface area (Å²) in [6.07, 6.45) is 2.11. The quantitative estimate of drug-likeness (QED) is 0.896. The second-order valence-electron chi connectivity index (χ2n) is 4.39. The van der Waals surface area contributed by atoms with Gasteiger partial charge in [-0.2, -0.15) is 0 Å². The largest absolute Gasteiger partial charge is 0.495 e. The van der Waals surface area contributed by atoms with Crippen molar-refractivity contribution in [3.63, 3.8) is 0 Å². The van der Waals surface area contributed by atoms with E-state index in [1.807, 2.05) is 0 Å². The van der Waals surface area contributed by atoms with Gasteiger partial charge in [0.15, 0.2) is 0 Å². The molecule has 3 heteroatoms. The summed E-state index contributed by atoms with van der Waals surface area (Å²) in [5, 5.41) is 0. The number of halogens is 1. The number of hydrogen-bond acceptors (Lipinski definition) is 2. The summed E-state index contributed by atoms with van der Waals surface area (Å²) in [4.78, 5) is 0. The first-order chi connectivity index (χ1) is 6.99. The van der Waals surface area contributed by atoms with Crippen molar-refractivity contribution in [3.8, 4) is 5.75 Å². The molecule has 1 fully saturated rings. The Morgan fingerprint density at radius 3 is 2.40 bits per heavy atom. The molecule has 0 atom stereocenters. The Morgan fingerprint density at radius 1 is 1.33 bits per heavy atom. The minimum atomic E-state index is -0.147. The van der Waals surface area contributed by atoms with Crippen LogP contribution in [0, 0.1) is 13.8 Å². The van der Waals surface area contributed by atoms with Gasteiger partial charge in [-0.05, 0) is 53.7 Å². The van der Waals surface area contributed by atoms with Gasteiger partial charge < -0.3 is 10.5 Å². The lowest BCUT2D eigenvalue weighted by Gasteiger charge is -2.20. The van der Waals surface area contributed by atoms with Gasteiger partial charge in [-0.1, -0.05) is 6.07 Å². The molecule has 0 amide bonds. The summed E-state index contributed by atoms with van der Waals surface area (Å²) in [6.45, 7) is 4.17. The zero-order chi connectivity index (χ0) is 11.2. The first kappa shape index (κ1) is 11.0. The summed E-state index contributed by atoms with van der Waals surface area (Å²) in [6, 6.07) is 2.16. The monoisotopic (exact) mass is 269 g/mol. The van der Waals surface area contributed by atoms with E-state index in [1.165, 1.54) is 16.7 Å². The Balaban J connectivity index is 2.66. The minimum Gasteiger partial charge on any atom is -0.495 e. The van der Waals surface area contributed by atoms with E-state index >= 15 is 0 Å². The van der Waals surface area contributed by atoms with Crippen LogP contribution >= 0.6 is 15.9 Å². The van der Waals surface area contributed by atoms with Crippen LogP contribution in [0.4, 0.5) is 0 Å². The van der Waals surface area contributed by atoms with Gasteiger partial charge in [0.1, 0.15) is 5.75 Å². The fourth-order valence-corrected chi connectivity index (χ4v) is 2.60.